The van der Waals surface area contributed by atoms with Gasteiger partial charge in [-0.2, -0.15) is 0 Å². The largest absolute Gasteiger partial charge is 0.374 e. The van der Waals surface area contributed by atoms with Gasteiger partial charge in [0.1, 0.15) is 22.9 Å². The summed E-state index contributed by atoms with van der Waals surface area (Å²) in [5.74, 6) is 0. The molecule has 1 aliphatic heterocycles. The first-order chi connectivity index (χ1) is 20.8. The molecule has 0 amide bonds. The zero-order valence-electron chi connectivity index (χ0n) is 25.2. The fourth-order valence-electron chi connectivity index (χ4n) is 5.65. The van der Waals surface area contributed by atoms with Crippen LogP contribution in [0.5, 0.6) is 0 Å². The van der Waals surface area contributed by atoms with Crippen LogP contribution in [0.25, 0.3) is 0 Å². The van der Waals surface area contributed by atoms with Gasteiger partial charge in [-0.25, -0.2) is 0 Å². The minimum absolute atomic E-state index is 0.177. The van der Waals surface area contributed by atoms with Crippen LogP contribution in [0.1, 0.15) is 43.0 Å². The topological polar surface area (TPSA) is 66.4 Å². The van der Waals surface area contributed by atoms with Gasteiger partial charge in [-0.05, 0) is 43.0 Å². The summed E-state index contributed by atoms with van der Waals surface area (Å²) < 4.78 is 32.9. The lowest BCUT2D eigenvalue weighted by Crippen LogP contribution is -2.79. The summed E-state index contributed by atoms with van der Waals surface area (Å²) in [5.41, 5.74) is 0.399. The molecule has 43 heavy (non-hydrogen) atoms. The lowest BCUT2D eigenvalue weighted by molar-refractivity contribution is -0.412. The number of hydrogen-bond acceptors (Lipinski definition) is 6. The van der Waals surface area contributed by atoms with Crippen LogP contribution < -0.4 is 0 Å². The molecule has 1 heterocycles. The third-order valence-corrected chi connectivity index (χ3v) is 8.79. The maximum Gasteiger partial charge on any atom is 0.187 e. The van der Waals surface area contributed by atoms with Crippen LogP contribution in [0.3, 0.4) is 0 Å². The van der Waals surface area contributed by atoms with Crippen LogP contribution in [-0.2, 0) is 50.1 Å². The van der Waals surface area contributed by atoms with Gasteiger partial charge in [0, 0.05) is 0 Å². The van der Waals surface area contributed by atoms with E-state index in [1.165, 1.54) is 0 Å². The summed E-state index contributed by atoms with van der Waals surface area (Å²) in [5, 5.41) is 11.7. The van der Waals surface area contributed by atoms with Crippen molar-refractivity contribution in [3.63, 3.8) is 0 Å². The Morgan fingerprint density at radius 3 is 1.35 bits per heavy atom. The summed E-state index contributed by atoms with van der Waals surface area (Å²) in [7, 11) is 0. The third-order valence-electron chi connectivity index (χ3n) is 8.79. The van der Waals surface area contributed by atoms with Crippen LogP contribution in [0, 0.1) is 0 Å². The second-order valence-electron chi connectivity index (χ2n) is 11.5. The quantitative estimate of drug-likeness (QED) is 0.186. The Kier molecular flexibility index (Phi) is 10.1. The van der Waals surface area contributed by atoms with Crippen LogP contribution in [0.15, 0.2) is 121 Å². The van der Waals surface area contributed by atoms with Crippen molar-refractivity contribution >= 4 is 0 Å². The van der Waals surface area contributed by atoms with E-state index in [0.717, 1.165) is 22.3 Å². The van der Waals surface area contributed by atoms with Gasteiger partial charge in [0.2, 0.25) is 0 Å². The fraction of sp³-hybridized carbons (Fsp3) is 0.351. The van der Waals surface area contributed by atoms with Gasteiger partial charge in [-0.3, -0.25) is 0 Å². The first-order valence-electron chi connectivity index (χ1n) is 14.8. The minimum atomic E-state index is -1.32. The van der Waals surface area contributed by atoms with Crippen molar-refractivity contribution in [3.05, 3.63) is 144 Å². The average Bonchev–Trinajstić information content (AvgIpc) is 3.05. The molecular formula is C37H42O6. The Morgan fingerprint density at radius 1 is 0.535 bits per heavy atom. The maximum atomic E-state index is 11.7. The number of aliphatic hydroxyl groups is 1. The Morgan fingerprint density at radius 2 is 0.907 bits per heavy atom. The number of rotatable bonds is 13. The molecule has 5 rings (SSSR count). The SMILES string of the molecule is CC1(OCc2ccccc2)[C@H](O)OC(COCc2ccccc2)[C@@](C)(OCc2ccccc2)C1(C)OCc1ccccc1. The summed E-state index contributed by atoms with van der Waals surface area (Å²) in [6, 6.07) is 39.8. The molecule has 3 unspecified atom stereocenters. The number of aliphatic hydroxyl groups excluding tert-OH is 1. The second kappa shape index (κ2) is 14.0. The highest BCUT2D eigenvalue weighted by molar-refractivity contribution is 5.21. The van der Waals surface area contributed by atoms with E-state index in [1.54, 1.807) is 0 Å². The molecule has 0 aromatic heterocycles. The molecule has 5 atom stereocenters. The summed E-state index contributed by atoms with van der Waals surface area (Å²) >= 11 is 0. The van der Waals surface area contributed by atoms with E-state index >= 15 is 0 Å². The first kappa shape index (κ1) is 31.1. The van der Waals surface area contributed by atoms with Crippen molar-refractivity contribution in [3.8, 4) is 0 Å². The molecule has 1 N–H and O–H groups in total. The third kappa shape index (κ3) is 6.91. The van der Waals surface area contributed by atoms with Crippen molar-refractivity contribution in [2.24, 2.45) is 0 Å². The average molecular weight is 583 g/mol. The molecule has 0 saturated carbocycles. The highest BCUT2D eigenvalue weighted by Crippen LogP contribution is 2.51. The molecule has 0 spiro atoms. The standard InChI is InChI=1S/C37H42O6/c1-35(40-25-30-18-10-5-11-19-30)33(28-39-24-29-16-8-4-9-17-29)43-34(38)36(2,41-26-31-20-12-6-13-21-31)37(35,3)42-27-32-22-14-7-15-23-32/h4-23,33-34,38H,24-28H2,1-3H3/t33?,34-,35-,36?,37?/m1/s1. The molecule has 6 nitrogen and oxygen atoms in total. The molecule has 4 aromatic rings. The minimum Gasteiger partial charge on any atom is -0.374 e. The molecule has 226 valence electrons. The summed E-state index contributed by atoms with van der Waals surface area (Å²) in [4.78, 5) is 0. The summed E-state index contributed by atoms with van der Waals surface area (Å²) in [6.45, 7) is 7.21. The van der Waals surface area contributed by atoms with E-state index in [0.29, 0.717) is 13.2 Å². The van der Waals surface area contributed by atoms with Gasteiger partial charge >= 0.3 is 0 Å². The van der Waals surface area contributed by atoms with Gasteiger partial charge in [-0.15, -0.1) is 0 Å². The smallest absolute Gasteiger partial charge is 0.187 e. The molecule has 0 radical (unpaired) electrons. The van der Waals surface area contributed by atoms with Crippen LogP contribution >= 0.6 is 0 Å². The van der Waals surface area contributed by atoms with Crippen molar-refractivity contribution in [1.82, 2.24) is 0 Å². The van der Waals surface area contributed by atoms with Crippen molar-refractivity contribution in [2.75, 3.05) is 6.61 Å². The monoisotopic (exact) mass is 582 g/mol. The predicted molar refractivity (Wildman–Crippen MR) is 166 cm³/mol. The van der Waals surface area contributed by atoms with Crippen LogP contribution in [-0.4, -0.2) is 40.9 Å². The Balaban J connectivity index is 1.49. The molecular weight excluding hydrogens is 540 g/mol. The van der Waals surface area contributed by atoms with E-state index in [9.17, 15) is 5.11 Å². The molecule has 0 bridgehead atoms. The normalized spacial score (nSPS) is 27.2. The molecule has 1 saturated heterocycles. The number of benzene rings is 4. The lowest BCUT2D eigenvalue weighted by Gasteiger charge is -2.61. The molecule has 4 aromatic carbocycles. The molecule has 6 heteroatoms. The summed E-state index contributed by atoms with van der Waals surface area (Å²) in [6.07, 6.45) is -2.00. The number of ether oxygens (including phenoxy) is 5. The number of hydrogen-bond donors (Lipinski definition) is 1. The second-order valence-corrected chi connectivity index (χ2v) is 11.5. The Bertz CT molecular complexity index is 1390. The van der Waals surface area contributed by atoms with Gasteiger partial charge in [0.25, 0.3) is 0 Å². The predicted octanol–water partition coefficient (Wildman–Crippen LogP) is 6.85. The van der Waals surface area contributed by atoms with E-state index in [2.05, 4.69) is 0 Å². The Hall–Kier alpha value is -3.36. The van der Waals surface area contributed by atoms with E-state index in [1.807, 2.05) is 142 Å². The van der Waals surface area contributed by atoms with Crippen molar-refractivity contribution in [2.45, 2.75) is 76.4 Å². The van der Waals surface area contributed by atoms with Crippen LogP contribution in [0.2, 0.25) is 0 Å². The van der Waals surface area contributed by atoms with Crippen LogP contribution in [0.4, 0.5) is 0 Å². The molecule has 1 aliphatic rings. The van der Waals surface area contributed by atoms with E-state index < -0.39 is 29.2 Å². The van der Waals surface area contributed by atoms with Crippen molar-refractivity contribution in [1.29, 1.82) is 0 Å². The highest BCUT2D eigenvalue weighted by Gasteiger charge is 2.69. The molecule has 1 fully saturated rings. The van der Waals surface area contributed by atoms with Crippen molar-refractivity contribution < 1.29 is 28.8 Å². The van der Waals surface area contributed by atoms with E-state index in [4.69, 9.17) is 23.7 Å². The van der Waals surface area contributed by atoms with Gasteiger partial charge in [0.15, 0.2) is 6.29 Å². The maximum absolute atomic E-state index is 11.7. The fourth-order valence-corrected chi connectivity index (χ4v) is 5.65. The lowest BCUT2D eigenvalue weighted by atomic mass is 9.67. The zero-order chi connectivity index (χ0) is 30.2. The highest BCUT2D eigenvalue weighted by atomic mass is 16.7. The Labute approximate surface area is 255 Å². The van der Waals surface area contributed by atoms with E-state index in [-0.39, 0.29) is 19.8 Å². The molecule has 0 aliphatic carbocycles. The van der Waals surface area contributed by atoms with Gasteiger partial charge in [0.05, 0.1) is 33.0 Å². The van der Waals surface area contributed by atoms with Gasteiger partial charge in [-0.1, -0.05) is 121 Å². The van der Waals surface area contributed by atoms with Gasteiger partial charge < -0.3 is 28.8 Å². The zero-order valence-corrected chi connectivity index (χ0v) is 25.2. The first-order valence-corrected chi connectivity index (χ1v) is 14.8.